The summed E-state index contributed by atoms with van der Waals surface area (Å²) in [4.78, 5) is 25.6. The predicted octanol–water partition coefficient (Wildman–Crippen LogP) is 0.773. The summed E-state index contributed by atoms with van der Waals surface area (Å²) in [6.07, 6.45) is -0.579. The third-order valence-electron chi connectivity index (χ3n) is 3.11. The largest absolute Gasteiger partial charge is 0.491 e. The number of nitrogens with one attached hydrogen (secondary N) is 1. The second-order valence-corrected chi connectivity index (χ2v) is 4.98. The molecule has 1 atom stereocenters. The van der Waals surface area contributed by atoms with Crippen molar-refractivity contribution >= 4 is 17.6 Å². The summed E-state index contributed by atoms with van der Waals surface area (Å²) in [5, 5.41) is 23.9. The van der Waals surface area contributed by atoms with Gasteiger partial charge in [0, 0.05) is 23.1 Å². The first kappa shape index (κ1) is 20.2. The van der Waals surface area contributed by atoms with Gasteiger partial charge in [0.05, 0.1) is 13.7 Å². The molecule has 0 saturated heterocycles. The minimum atomic E-state index is -1.03. The number of azide groups is 1. The summed E-state index contributed by atoms with van der Waals surface area (Å²) < 4.78 is 9.92. The van der Waals surface area contributed by atoms with Crippen LogP contribution in [0.15, 0.2) is 23.3 Å². The van der Waals surface area contributed by atoms with Crippen LogP contribution in [0.1, 0.15) is 12.0 Å². The van der Waals surface area contributed by atoms with E-state index in [1.54, 1.807) is 12.1 Å². The number of amides is 1. The molecule has 136 valence electrons. The minimum Gasteiger partial charge on any atom is -0.491 e. The van der Waals surface area contributed by atoms with Gasteiger partial charge in [-0.3, -0.25) is 9.59 Å². The molecule has 10 heteroatoms. The minimum absolute atomic E-state index is 0.121. The van der Waals surface area contributed by atoms with Crippen LogP contribution < -0.4 is 10.1 Å². The van der Waals surface area contributed by atoms with Gasteiger partial charge in [0.2, 0.25) is 5.91 Å². The van der Waals surface area contributed by atoms with E-state index in [4.69, 9.17) is 15.4 Å². The van der Waals surface area contributed by atoms with Crippen molar-refractivity contribution in [1.29, 1.82) is 0 Å². The molecule has 0 aromatic heterocycles. The third kappa shape index (κ3) is 7.53. The number of aliphatic hydroxyl groups is 2. The van der Waals surface area contributed by atoms with Crippen molar-refractivity contribution in [2.24, 2.45) is 5.11 Å². The molecular weight excluding hydrogens is 332 g/mol. The lowest BCUT2D eigenvalue weighted by Crippen LogP contribution is -2.21. The first-order valence-electron chi connectivity index (χ1n) is 7.42. The zero-order valence-electron chi connectivity index (χ0n) is 13.7. The standard InChI is InChI=1S/C15H20N4O6/c1-24-15(23)5-3-10-2-4-12(25-9-11(21)8-20)6-13(10)18-14(22)7-17-19-16/h2,4,6,11,20-21H,3,5,7-9H2,1H3,(H,18,22)/t11-/m0/s1. The van der Waals surface area contributed by atoms with Crippen LogP contribution in [0, 0.1) is 0 Å². The molecule has 0 aliphatic carbocycles. The fourth-order valence-electron chi connectivity index (χ4n) is 1.85. The molecule has 1 aromatic rings. The fraction of sp³-hybridized carbons (Fsp3) is 0.467. The number of hydrogen-bond donors (Lipinski definition) is 3. The van der Waals surface area contributed by atoms with Gasteiger partial charge in [0.15, 0.2) is 0 Å². The average Bonchev–Trinajstić information content (AvgIpc) is 2.63. The van der Waals surface area contributed by atoms with Crippen LogP contribution in [0.25, 0.3) is 10.4 Å². The lowest BCUT2D eigenvalue weighted by molar-refractivity contribution is -0.140. The third-order valence-corrected chi connectivity index (χ3v) is 3.11. The monoisotopic (exact) mass is 352 g/mol. The van der Waals surface area contributed by atoms with Crippen LogP contribution in [-0.2, 0) is 20.7 Å². The van der Waals surface area contributed by atoms with Crippen molar-refractivity contribution in [2.75, 3.05) is 32.2 Å². The van der Waals surface area contributed by atoms with Crippen LogP contribution in [0.4, 0.5) is 5.69 Å². The molecular formula is C15H20N4O6. The van der Waals surface area contributed by atoms with E-state index in [1.807, 2.05) is 0 Å². The number of ether oxygens (including phenoxy) is 2. The van der Waals surface area contributed by atoms with Gasteiger partial charge in [-0.05, 0) is 23.6 Å². The molecule has 1 rings (SSSR count). The molecule has 10 nitrogen and oxygen atoms in total. The predicted molar refractivity (Wildman–Crippen MR) is 88.0 cm³/mol. The van der Waals surface area contributed by atoms with Crippen molar-refractivity contribution < 1.29 is 29.3 Å². The summed E-state index contributed by atoms with van der Waals surface area (Å²) in [6.45, 7) is -0.932. The second kappa shape index (κ2) is 10.9. The normalized spacial score (nSPS) is 11.2. The number of rotatable bonds is 10. The number of anilines is 1. The molecule has 1 amide bonds. The molecule has 0 bridgehead atoms. The highest BCUT2D eigenvalue weighted by molar-refractivity contribution is 5.93. The molecule has 0 spiro atoms. The van der Waals surface area contributed by atoms with Crippen molar-refractivity contribution in [3.8, 4) is 5.75 Å². The van der Waals surface area contributed by atoms with Crippen LogP contribution in [0.2, 0.25) is 0 Å². The first-order chi connectivity index (χ1) is 12.0. The molecule has 0 fully saturated rings. The summed E-state index contributed by atoms with van der Waals surface area (Å²) in [5.74, 6) is -0.559. The van der Waals surface area contributed by atoms with E-state index in [1.165, 1.54) is 13.2 Å². The number of aryl methyl sites for hydroxylation is 1. The van der Waals surface area contributed by atoms with Crippen LogP contribution in [-0.4, -0.2) is 55.1 Å². The zero-order valence-corrected chi connectivity index (χ0v) is 13.7. The van der Waals surface area contributed by atoms with Gasteiger partial charge < -0.3 is 25.0 Å². The zero-order chi connectivity index (χ0) is 18.7. The van der Waals surface area contributed by atoms with Crippen LogP contribution in [0.5, 0.6) is 5.75 Å². The topological polar surface area (TPSA) is 154 Å². The van der Waals surface area contributed by atoms with E-state index in [9.17, 15) is 14.7 Å². The summed E-state index contributed by atoms with van der Waals surface area (Å²) >= 11 is 0. The molecule has 0 aliphatic heterocycles. The number of esters is 1. The van der Waals surface area contributed by atoms with Crippen LogP contribution >= 0.6 is 0 Å². The quantitative estimate of drug-likeness (QED) is 0.245. The molecule has 0 radical (unpaired) electrons. The van der Waals surface area contributed by atoms with Crippen molar-refractivity contribution in [1.82, 2.24) is 0 Å². The number of carbonyl (C=O) groups is 2. The summed E-state index contributed by atoms with van der Waals surface area (Å²) in [6, 6.07) is 4.79. The van der Waals surface area contributed by atoms with Gasteiger partial charge in [0.25, 0.3) is 0 Å². The van der Waals surface area contributed by atoms with E-state index in [0.29, 0.717) is 23.4 Å². The average molecular weight is 352 g/mol. The van der Waals surface area contributed by atoms with E-state index < -0.39 is 24.6 Å². The van der Waals surface area contributed by atoms with E-state index >= 15 is 0 Å². The molecule has 0 unspecified atom stereocenters. The van der Waals surface area contributed by atoms with Crippen molar-refractivity contribution in [2.45, 2.75) is 18.9 Å². The molecule has 0 heterocycles. The van der Waals surface area contributed by atoms with Gasteiger partial charge in [-0.2, -0.15) is 0 Å². The molecule has 0 saturated carbocycles. The Kier molecular flexibility index (Phi) is 8.80. The maximum absolute atomic E-state index is 11.8. The SMILES string of the molecule is COC(=O)CCc1ccc(OC[C@@H](O)CO)cc1NC(=O)CN=[N+]=[N-]. The Balaban J connectivity index is 2.91. The van der Waals surface area contributed by atoms with Gasteiger partial charge in [0.1, 0.15) is 25.0 Å². The van der Waals surface area contributed by atoms with E-state index in [2.05, 4.69) is 20.1 Å². The highest BCUT2D eigenvalue weighted by Gasteiger charge is 2.11. The summed E-state index contributed by atoms with van der Waals surface area (Å²) in [7, 11) is 1.29. The van der Waals surface area contributed by atoms with E-state index in [-0.39, 0.29) is 19.6 Å². The molecule has 3 N–H and O–H groups in total. The van der Waals surface area contributed by atoms with Crippen molar-refractivity contribution in [3.63, 3.8) is 0 Å². The van der Waals surface area contributed by atoms with Gasteiger partial charge >= 0.3 is 5.97 Å². The lowest BCUT2D eigenvalue weighted by atomic mass is 10.1. The Hall–Kier alpha value is -2.81. The Morgan fingerprint density at radius 3 is 2.84 bits per heavy atom. The molecule has 1 aromatic carbocycles. The maximum atomic E-state index is 11.8. The first-order valence-corrected chi connectivity index (χ1v) is 7.42. The van der Waals surface area contributed by atoms with Crippen LogP contribution in [0.3, 0.4) is 0 Å². The Labute approximate surface area is 144 Å². The Morgan fingerprint density at radius 2 is 2.20 bits per heavy atom. The number of hydrogen-bond acceptors (Lipinski definition) is 7. The fourth-order valence-corrected chi connectivity index (χ4v) is 1.85. The number of carbonyl (C=O) groups excluding carboxylic acids is 2. The lowest BCUT2D eigenvalue weighted by Gasteiger charge is -2.14. The molecule has 0 aliphatic rings. The van der Waals surface area contributed by atoms with Gasteiger partial charge in [-0.1, -0.05) is 11.2 Å². The Morgan fingerprint density at radius 1 is 1.44 bits per heavy atom. The van der Waals surface area contributed by atoms with E-state index in [0.717, 1.165) is 0 Å². The molecule has 25 heavy (non-hydrogen) atoms. The smallest absolute Gasteiger partial charge is 0.305 e. The number of methoxy groups -OCH3 is 1. The summed E-state index contributed by atoms with van der Waals surface area (Å²) in [5.41, 5.74) is 9.31. The maximum Gasteiger partial charge on any atom is 0.305 e. The second-order valence-electron chi connectivity index (χ2n) is 4.98. The number of aliphatic hydroxyl groups excluding tert-OH is 2. The number of nitrogens with zero attached hydrogens (tertiary/aromatic N) is 3. The highest BCUT2D eigenvalue weighted by Crippen LogP contribution is 2.24. The van der Waals surface area contributed by atoms with Gasteiger partial charge in [-0.25, -0.2) is 0 Å². The van der Waals surface area contributed by atoms with Crippen molar-refractivity contribution in [3.05, 3.63) is 34.2 Å². The number of benzene rings is 1. The Bertz CT molecular complexity index is 645. The van der Waals surface area contributed by atoms with Gasteiger partial charge in [-0.15, -0.1) is 0 Å². The highest BCUT2D eigenvalue weighted by atomic mass is 16.5.